The zero-order valence-corrected chi connectivity index (χ0v) is 5.49. The Morgan fingerprint density at radius 3 is 2.22 bits per heavy atom. The lowest BCUT2D eigenvalue weighted by Crippen LogP contribution is -2.13. The second kappa shape index (κ2) is 3.07. The highest BCUT2D eigenvalue weighted by atomic mass is 32.2. The zero-order valence-electron chi connectivity index (χ0n) is 4.67. The van der Waals surface area contributed by atoms with E-state index in [1.54, 1.807) is 0 Å². The minimum Gasteiger partial charge on any atom is -0.245 e. The first kappa shape index (κ1) is 8.77. The average Bonchev–Trinajstić information content (AvgIpc) is 1.62. The highest BCUT2D eigenvalue weighted by Crippen LogP contribution is 1.98. The first-order chi connectivity index (χ1) is 3.95. The van der Waals surface area contributed by atoms with Gasteiger partial charge in [0.1, 0.15) is 6.67 Å². The summed E-state index contributed by atoms with van der Waals surface area (Å²) in [5, 5.41) is 0. The Kier molecular flexibility index (Phi) is 2.99. The largest absolute Gasteiger partial charge is 0.267 e. The minimum atomic E-state index is -3.85. The van der Waals surface area contributed by atoms with Crippen molar-refractivity contribution in [1.29, 1.82) is 0 Å². The summed E-state index contributed by atoms with van der Waals surface area (Å²) < 4.78 is 46.3. The summed E-state index contributed by atoms with van der Waals surface area (Å²) in [7, 11) is -3.85. The second-order valence-electron chi connectivity index (χ2n) is 1.36. The Morgan fingerprint density at radius 2 is 2.11 bits per heavy atom. The summed E-state index contributed by atoms with van der Waals surface area (Å²) in [5.41, 5.74) is 0. The van der Waals surface area contributed by atoms with E-state index < -0.39 is 23.2 Å². The molecule has 0 N–H and O–H groups in total. The predicted octanol–water partition coefficient (Wildman–Crippen LogP) is 0.228. The SMILES string of the molecule is CS(=O)(=O)OC(F)CF. The average molecular weight is 160 g/mol. The van der Waals surface area contributed by atoms with Crippen LogP contribution in [0.25, 0.3) is 0 Å². The van der Waals surface area contributed by atoms with Crippen LogP contribution in [0.4, 0.5) is 8.78 Å². The van der Waals surface area contributed by atoms with Gasteiger partial charge in [0.05, 0.1) is 6.26 Å². The van der Waals surface area contributed by atoms with Crippen LogP contribution in [0, 0.1) is 0 Å². The first-order valence-corrected chi connectivity index (χ1v) is 3.85. The van der Waals surface area contributed by atoms with Crippen LogP contribution in [0.15, 0.2) is 0 Å². The lowest BCUT2D eigenvalue weighted by Gasteiger charge is -2.00. The van der Waals surface area contributed by atoms with Crippen LogP contribution in [-0.2, 0) is 14.3 Å². The number of hydrogen-bond acceptors (Lipinski definition) is 3. The molecule has 0 aliphatic carbocycles. The van der Waals surface area contributed by atoms with Crippen molar-refractivity contribution in [1.82, 2.24) is 0 Å². The molecule has 0 bridgehead atoms. The van der Waals surface area contributed by atoms with Crippen LogP contribution < -0.4 is 0 Å². The Balaban J connectivity index is 3.75. The Hall–Kier alpha value is -0.230. The Bertz CT molecular complexity index is 164. The van der Waals surface area contributed by atoms with Crippen molar-refractivity contribution in [3.63, 3.8) is 0 Å². The molecular formula is C3H6F2O3S. The number of rotatable bonds is 3. The molecule has 0 fully saturated rings. The van der Waals surface area contributed by atoms with Crippen molar-refractivity contribution in [2.45, 2.75) is 6.36 Å². The van der Waals surface area contributed by atoms with Gasteiger partial charge < -0.3 is 0 Å². The van der Waals surface area contributed by atoms with Gasteiger partial charge >= 0.3 is 0 Å². The Morgan fingerprint density at radius 1 is 1.67 bits per heavy atom. The monoisotopic (exact) mass is 160 g/mol. The van der Waals surface area contributed by atoms with Crippen molar-refractivity contribution in [2.24, 2.45) is 0 Å². The summed E-state index contributed by atoms with van der Waals surface area (Å²) in [5.74, 6) is 0. The van der Waals surface area contributed by atoms with Crippen molar-refractivity contribution < 1.29 is 21.4 Å². The third-order valence-electron chi connectivity index (χ3n) is 0.401. The van der Waals surface area contributed by atoms with Gasteiger partial charge in [0.25, 0.3) is 10.1 Å². The van der Waals surface area contributed by atoms with Gasteiger partial charge in [-0.05, 0) is 0 Å². The van der Waals surface area contributed by atoms with E-state index in [0.717, 1.165) is 0 Å². The van der Waals surface area contributed by atoms with Gasteiger partial charge in [-0.2, -0.15) is 8.42 Å². The molecule has 0 spiro atoms. The van der Waals surface area contributed by atoms with E-state index in [2.05, 4.69) is 4.18 Å². The van der Waals surface area contributed by atoms with Crippen LogP contribution in [0.1, 0.15) is 0 Å². The molecule has 9 heavy (non-hydrogen) atoms. The van der Waals surface area contributed by atoms with E-state index in [9.17, 15) is 17.2 Å². The molecular weight excluding hydrogens is 154 g/mol. The van der Waals surface area contributed by atoms with Crippen molar-refractivity contribution >= 4 is 10.1 Å². The normalized spacial score (nSPS) is 15.4. The highest BCUT2D eigenvalue weighted by Gasteiger charge is 2.12. The van der Waals surface area contributed by atoms with E-state index >= 15 is 0 Å². The van der Waals surface area contributed by atoms with Crippen molar-refractivity contribution in [2.75, 3.05) is 12.9 Å². The maximum atomic E-state index is 11.7. The molecule has 1 atom stereocenters. The molecule has 0 aromatic rings. The third-order valence-corrected chi connectivity index (χ3v) is 0.959. The number of halogens is 2. The molecule has 0 saturated carbocycles. The summed E-state index contributed by atoms with van der Waals surface area (Å²) in [6.45, 7) is -1.45. The molecule has 1 unspecified atom stereocenters. The summed E-state index contributed by atoms with van der Waals surface area (Å²) in [4.78, 5) is 0. The molecule has 6 heteroatoms. The van der Waals surface area contributed by atoms with Gasteiger partial charge in [0.15, 0.2) is 0 Å². The lowest BCUT2D eigenvalue weighted by molar-refractivity contribution is 0.0507. The van der Waals surface area contributed by atoms with Crippen molar-refractivity contribution in [3.05, 3.63) is 0 Å². The van der Waals surface area contributed by atoms with Crippen LogP contribution in [0.3, 0.4) is 0 Å². The molecule has 56 valence electrons. The molecule has 0 amide bonds. The van der Waals surface area contributed by atoms with Gasteiger partial charge in [0, 0.05) is 0 Å². The Labute approximate surface area is 51.7 Å². The molecule has 0 aromatic carbocycles. The summed E-state index contributed by atoms with van der Waals surface area (Å²) in [6, 6.07) is 0. The van der Waals surface area contributed by atoms with E-state index in [-0.39, 0.29) is 0 Å². The second-order valence-corrected chi connectivity index (χ2v) is 2.97. The maximum Gasteiger partial charge on any atom is 0.267 e. The molecule has 0 rings (SSSR count). The predicted molar refractivity (Wildman–Crippen MR) is 26.8 cm³/mol. The topological polar surface area (TPSA) is 43.4 Å². The molecule has 0 heterocycles. The van der Waals surface area contributed by atoms with E-state index in [1.807, 2.05) is 0 Å². The summed E-state index contributed by atoms with van der Waals surface area (Å²) in [6.07, 6.45) is -1.71. The van der Waals surface area contributed by atoms with E-state index in [0.29, 0.717) is 6.26 Å². The number of alkyl halides is 2. The van der Waals surface area contributed by atoms with Gasteiger partial charge in [0.2, 0.25) is 6.36 Å². The van der Waals surface area contributed by atoms with Gasteiger partial charge in [-0.25, -0.2) is 13.0 Å². The smallest absolute Gasteiger partial charge is 0.245 e. The molecule has 0 aliphatic rings. The molecule has 0 radical (unpaired) electrons. The standard InChI is InChI=1S/C3H6F2O3S/c1-9(6,7)8-3(5)2-4/h3H,2H2,1H3. The molecule has 3 nitrogen and oxygen atoms in total. The molecule has 0 aromatic heterocycles. The third kappa shape index (κ3) is 5.64. The quantitative estimate of drug-likeness (QED) is 0.555. The van der Waals surface area contributed by atoms with Crippen LogP contribution in [0.5, 0.6) is 0 Å². The minimum absolute atomic E-state index is 0.648. The molecule has 0 saturated heterocycles. The fraction of sp³-hybridized carbons (Fsp3) is 1.00. The highest BCUT2D eigenvalue weighted by molar-refractivity contribution is 7.86. The van der Waals surface area contributed by atoms with Gasteiger partial charge in [-0.15, -0.1) is 0 Å². The molecule has 0 aliphatic heterocycles. The lowest BCUT2D eigenvalue weighted by atomic mass is 10.8. The maximum absolute atomic E-state index is 11.7. The zero-order chi connectivity index (χ0) is 7.49. The van der Waals surface area contributed by atoms with E-state index in [1.165, 1.54) is 0 Å². The van der Waals surface area contributed by atoms with Gasteiger partial charge in [-0.1, -0.05) is 0 Å². The summed E-state index contributed by atoms with van der Waals surface area (Å²) >= 11 is 0. The fourth-order valence-corrected chi connectivity index (χ4v) is 0.646. The van der Waals surface area contributed by atoms with Crippen LogP contribution in [0.2, 0.25) is 0 Å². The van der Waals surface area contributed by atoms with E-state index in [4.69, 9.17) is 0 Å². The van der Waals surface area contributed by atoms with Crippen LogP contribution >= 0.6 is 0 Å². The van der Waals surface area contributed by atoms with Gasteiger partial charge in [-0.3, -0.25) is 0 Å². The first-order valence-electron chi connectivity index (χ1n) is 2.04. The number of hydrogen-bond donors (Lipinski definition) is 0. The van der Waals surface area contributed by atoms with Crippen molar-refractivity contribution in [3.8, 4) is 0 Å². The fourth-order valence-electron chi connectivity index (χ4n) is 0.215. The van der Waals surface area contributed by atoms with Crippen LogP contribution in [-0.4, -0.2) is 27.7 Å².